The van der Waals surface area contributed by atoms with E-state index >= 15 is 0 Å². The number of aryl methyl sites for hydroxylation is 1. The van der Waals surface area contributed by atoms with Crippen molar-refractivity contribution >= 4 is 23.2 Å². The van der Waals surface area contributed by atoms with E-state index in [9.17, 15) is 23.4 Å². The summed E-state index contributed by atoms with van der Waals surface area (Å²) in [7, 11) is 5.12. The van der Waals surface area contributed by atoms with Crippen molar-refractivity contribution in [2.75, 3.05) is 76.4 Å². The molecule has 3 saturated heterocycles. The number of carbonyl (C=O) groups excluding carboxylic acids is 1. The zero-order valence-corrected chi connectivity index (χ0v) is 25.5. The van der Waals surface area contributed by atoms with Gasteiger partial charge in [-0.1, -0.05) is 0 Å². The number of halogens is 3. The van der Waals surface area contributed by atoms with Crippen LogP contribution in [0.3, 0.4) is 0 Å². The number of fused-ring (bicyclic) bond motifs is 1. The standard InChI is InChI=1S/C30H42F3N9O2.H2/c1-35-29(43)41-9-6-25(37-20-4-7-40(8-5-20)21-17-44-18-21)23(16-41)28(34)42-11-10-38(2)26-12-22(19-14-36-39(3)15-19)24(13-27(26)42)30(31,32)33;/h12-15,20-21,23,25,34,37H,4-11,16-18H2,1-3H3,(H,35,43);1H. The van der Waals surface area contributed by atoms with Gasteiger partial charge in [-0.3, -0.25) is 15.0 Å². The first-order valence-electron chi connectivity index (χ1n) is 15.4. The van der Waals surface area contributed by atoms with E-state index in [2.05, 4.69) is 20.6 Å². The Morgan fingerprint density at radius 1 is 1.07 bits per heavy atom. The van der Waals surface area contributed by atoms with Gasteiger partial charge >= 0.3 is 12.2 Å². The molecule has 44 heavy (non-hydrogen) atoms. The number of amides is 2. The molecule has 1 aromatic carbocycles. The second-order valence-corrected chi connectivity index (χ2v) is 12.4. The number of urea groups is 1. The number of rotatable bonds is 5. The van der Waals surface area contributed by atoms with Gasteiger partial charge in [-0.05, 0) is 37.0 Å². The number of amidine groups is 1. The zero-order valence-electron chi connectivity index (χ0n) is 25.5. The molecule has 3 fully saturated rings. The summed E-state index contributed by atoms with van der Waals surface area (Å²) < 4.78 is 50.4. The predicted octanol–water partition coefficient (Wildman–Crippen LogP) is 3.07. The molecule has 4 aliphatic rings. The average molecular weight is 620 g/mol. The van der Waals surface area contributed by atoms with Crippen molar-refractivity contribution in [3.05, 3.63) is 30.1 Å². The van der Waals surface area contributed by atoms with Gasteiger partial charge in [0.2, 0.25) is 0 Å². The minimum absolute atomic E-state index is 0. The maximum atomic E-state index is 14.5. The fourth-order valence-corrected chi connectivity index (χ4v) is 7.01. The molecule has 2 atom stereocenters. The molecule has 11 nitrogen and oxygen atoms in total. The number of likely N-dealkylation sites (tertiary alicyclic amines) is 2. The Balaban J connectivity index is 0.00000400. The summed E-state index contributed by atoms with van der Waals surface area (Å²) in [6.45, 7) is 5.33. The number of aromatic nitrogens is 2. The Kier molecular flexibility index (Phi) is 8.50. The number of likely N-dealkylation sites (N-methyl/N-ethyl adjacent to an activating group) is 1. The van der Waals surface area contributed by atoms with Crippen LogP contribution in [0.2, 0.25) is 0 Å². The highest BCUT2D eigenvalue weighted by molar-refractivity contribution is 6.02. The van der Waals surface area contributed by atoms with Crippen LogP contribution < -0.4 is 20.4 Å². The van der Waals surface area contributed by atoms with Crippen molar-refractivity contribution in [3.8, 4) is 11.1 Å². The largest absolute Gasteiger partial charge is 0.417 e. The van der Waals surface area contributed by atoms with Gasteiger partial charge in [-0.25, -0.2) is 4.79 Å². The maximum absolute atomic E-state index is 14.5. The molecule has 0 aliphatic carbocycles. The molecule has 2 aromatic rings. The van der Waals surface area contributed by atoms with E-state index in [1.165, 1.54) is 16.9 Å². The van der Waals surface area contributed by atoms with E-state index in [-0.39, 0.29) is 36.9 Å². The summed E-state index contributed by atoms with van der Waals surface area (Å²) in [4.78, 5) is 20.5. The minimum atomic E-state index is -4.60. The molecular weight excluding hydrogens is 575 g/mol. The Bertz CT molecular complexity index is 1380. The number of carbonyl (C=O) groups is 1. The number of anilines is 2. The first-order valence-corrected chi connectivity index (χ1v) is 15.4. The van der Waals surface area contributed by atoms with Crippen LogP contribution in [0.4, 0.5) is 29.3 Å². The van der Waals surface area contributed by atoms with Gasteiger partial charge in [0.15, 0.2) is 0 Å². The molecule has 14 heteroatoms. The molecule has 0 spiro atoms. The highest BCUT2D eigenvalue weighted by Crippen LogP contribution is 2.45. The second kappa shape index (κ2) is 12.2. The maximum Gasteiger partial charge on any atom is 0.417 e. The summed E-state index contributed by atoms with van der Waals surface area (Å²) >= 11 is 0. The zero-order chi connectivity index (χ0) is 31.2. The first kappa shape index (κ1) is 30.7. The van der Waals surface area contributed by atoms with E-state index < -0.39 is 11.7 Å². The summed E-state index contributed by atoms with van der Waals surface area (Å²) in [5.74, 6) is -0.153. The molecule has 3 N–H and O–H groups in total. The normalized spacial score (nSPS) is 23.8. The fourth-order valence-electron chi connectivity index (χ4n) is 7.01. The van der Waals surface area contributed by atoms with Crippen LogP contribution in [0.1, 0.15) is 26.3 Å². The second-order valence-electron chi connectivity index (χ2n) is 12.4. The number of benzene rings is 1. The molecular formula is C30H44F3N9O2. The molecule has 6 rings (SSSR count). The number of alkyl halides is 3. The van der Waals surface area contributed by atoms with Crippen molar-refractivity contribution in [2.24, 2.45) is 13.0 Å². The highest BCUT2D eigenvalue weighted by atomic mass is 19.4. The quantitative estimate of drug-likeness (QED) is 0.349. The van der Waals surface area contributed by atoms with E-state index in [4.69, 9.17) is 4.74 Å². The third-order valence-corrected chi connectivity index (χ3v) is 9.67. The highest BCUT2D eigenvalue weighted by Gasteiger charge is 2.41. The third kappa shape index (κ3) is 5.98. The van der Waals surface area contributed by atoms with E-state index in [0.717, 1.165) is 39.1 Å². The van der Waals surface area contributed by atoms with Crippen molar-refractivity contribution in [2.45, 2.75) is 43.6 Å². The van der Waals surface area contributed by atoms with Gasteiger partial charge in [0.05, 0.1) is 42.4 Å². The molecule has 1 aromatic heterocycles. The lowest BCUT2D eigenvalue weighted by Crippen LogP contribution is -2.61. The lowest BCUT2D eigenvalue weighted by Gasteiger charge is -2.46. The number of piperidine rings is 2. The molecule has 242 valence electrons. The van der Waals surface area contributed by atoms with Crippen LogP contribution in [0.5, 0.6) is 0 Å². The van der Waals surface area contributed by atoms with Gasteiger partial charge in [-0.15, -0.1) is 0 Å². The topological polar surface area (TPSA) is 105 Å². The Labute approximate surface area is 257 Å². The van der Waals surface area contributed by atoms with Crippen LogP contribution in [-0.4, -0.2) is 116 Å². The van der Waals surface area contributed by atoms with Crippen molar-refractivity contribution in [1.82, 2.24) is 30.2 Å². The van der Waals surface area contributed by atoms with E-state index in [0.29, 0.717) is 55.6 Å². The summed E-state index contributed by atoms with van der Waals surface area (Å²) in [6, 6.07) is 3.25. The van der Waals surface area contributed by atoms with Gasteiger partial charge in [0.25, 0.3) is 0 Å². The average Bonchev–Trinajstić information content (AvgIpc) is 3.42. The first-order chi connectivity index (χ1) is 21.0. The van der Waals surface area contributed by atoms with Crippen LogP contribution in [0.15, 0.2) is 24.5 Å². The van der Waals surface area contributed by atoms with Crippen LogP contribution in [0.25, 0.3) is 11.1 Å². The lowest BCUT2D eigenvalue weighted by molar-refractivity contribution is -0.137. The van der Waals surface area contributed by atoms with Gasteiger partial charge in [-0.2, -0.15) is 18.3 Å². The molecule has 0 radical (unpaired) electrons. The van der Waals surface area contributed by atoms with E-state index in [1.807, 2.05) is 11.9 Å². The van der Waals surface area contributed by atoms with Crippen molar-refractivity contribution < 1.29 is 24.1 Å². The van der Waals surface area contributed by atoms with Crippen molar-refractivity contribution in [3.63, 3.8) is 0 Å². The van der Waals surface area contributed by atoms with E-state index in [1.54, 1.807) is 36.2 Å². The number of nitrogens with one attached hydrogen (secondary N) is 3. The third-order valence-electron chi connectivity index (χ3n) is 9.67. The molecule has 5 heterocycles. The summed E-state index contributed by atoms with van der Waals surface area (Å²) in [5, 5.41) is 20.1. The van der Waals surface area contributed by atoms with Gasteiger partial charge < -0.3 is 30.1 Å². The molecule has 0 bridgehead atoms. The summed E-state index contributed by atoms with van der Waals surface area (Å²) in [6.07, 6.45) is 1.04. The number of nitrogens with zero attached hydrogens (tertiary/aromatic N) is 6. The van der Waals surface area contributed by atoms with Crippen LogP contribution in [-0.2, 0) is 18.0 Å². The van der Waals surface area contributed by atoms with Crippen LogP contribution >= 0.6 is 0 Å². The Hall–Kier alpha value is -3.36. The van der Waals surface area contributed by atoms with Crippen LogP contribution in [0, 0.1) is 11.3 Å². The Morgan fingerprint density at radius 2 is 1.82 bits per heavy atom. The summed E-state index contributed by atoms with van der Waals surface area (Å²) in [5.41, 5.74) is 0.676. The van der Waals surface area contributed by atoms with Crippen molar-refractivity contribution in [1.29, 1.82) is 5.41 Å². The lowest BCUT2D eigenvalue weighted by atomic mass is 9.88. The fraction of sp³-hybridized carbons (Fsp3) is 0.633. The van der Waals surface area contributed by atoms with Gasteiger partial charge in [0.1, 0.15) is 5.84 Å². The molecule has 2 amide bonds. The molecule has 2 unspecified atom stereocenters. The Morgan fingerprint density at radius 3 is 2.43 bits per heavy atom. The smallest absolute Gasteiger partial charge is 0.378 e. The number of hydrogen-bond donors (Lipinski definition) is 3. The SMILES string of the molecule is CNC(=O)N1CCC(NC2CCN(C3COC3)CC2)C(C(=N)N2CCN(C)c3cc(-c4cnn(C)c4)c(C(F)(F)F)cc32)C1.[HH]. The minimum Gasteiger partial charge on any atom is -0.378 e. The molecule has 0 saturated carbocycles. The predicted molar refractivity (Wildman–Crippen MR) is 164 cm³/mol. The monoisotopic (exact) mass is 619 g/mol. The number of hydrogen-bond acceptors (Lipinski definition) is 7. The number of ether oxygens (including phenoxy) is 1. The molecule has 4 aliphatic heterocycles. The van der Waals surface area contributed by atoms with Gasteiger partial charge in [0, 0.05) is 91.6 Å².